The number of aromatic nitrogens is 2. The molecule has 1 heterocycles. The monoisotopic (exact) mass is 210 g/mol. The second-order valence-corrected chi connectivity index (χ2v) is 3.44. The van der Waals surface area contributed by atoms with E-state index in [-0.39, 0.29) is 12.0 Å². The van der Waals surface area contributed by atoms with Gasteiger partial charge in [0.25, 0.3) is 0 Å². The van der Waals surface area contributed by atoms with Crippen LogP contribution in [0.2, 0.25) is 0 Å². The van der Waals surface area contributed by atoms with Crippen LogP contribution < -0.4 is 0 Å². The van der Waals surface area contributed by atoms with E-state index in [0.717, 1.165) is 12.8 Å². The molecule has 1 atom stereocenters. The lowest BCUT2D eigenvalue weighted by molar-refractivity contribution is -0.144. The maximum absolute atomic E-state index is 11.4. The largest absolute Gasteiger partial charge is 0.466 e. The molecule has 4 heteroatoms. The van der Waals surface area contributed by atoms with Gasteiger partial charge in [-0.05, 0) is 19.4 Å². The van der Waals surface area contributed by atoms with Gasteiger partial charge in [0.05, 0.1) is 19.1 Å². The van der Waals surface area contributed by atoms with Gasteiger partial charge < -0.3 is 4.74 Å². The van der Waals surface area contributed by atoms with E-state index in [9.17, 15) is 4.79 Å². The highest BCUT2D eigenvalue weighted by atomic mass is 16.5. The summed E-state index contributed by atoms with van der Waals surface area (Å²) in [6.45, 7) is 4.36. The van der Waals surface area contributed by atoms with E-state index in [1.807, 2.05) is 23.9 Å². The van der Waals surface area contributed by atoms with Crippen molar-refractivity contribution in [1.82, 2.24) is 9.78 Å². The maximum Gasteiger partial charge on any atom is 0.307 e. The van der Waals surface area contributed by atoms with Gasteiger partial charge in [-0.25, -0.2) is 0 Å². The highest BCUT2D eigenvalue weighted by molar-refractivity contribution is 5.69. The summed E-state index contributed by atoms with van der Waals surface area (Å²) in [5, 5.41) is 4.16. The first kappa shape index (κ1) is 11.8. The van der Waals surface area contributed by atoms with Gasteiger partial charge in [-0.3, -0.25) is 9.48 Å². The third-order valence-corrected chi connectivity index (χ3v) is 2.23. The van der Waals surface area contributed by atoms with Crippen molar-refractivity contribution in [2.75, 3.05) is 6.61 Å². The van der Waals surface area contributed by atoms with E-state index in [0.29, 0.717) is 13.0 Å². The Kier molecular flexibility index (Phi) is 4.87. The van der Waals surface area contributed by atoms with Crippen molar-refractivity contribution >= 4 is 5.97 Å². The average molecular weight is 210 g/mol. The van der Waals surface area contributed by atoms with E-state index in [1.54, 1.807) is 6.20 Å². The van der Waals surface area contributed by atoms with Crippen molar-refractivity contribution < 1.29 is 9.53 Å². The number of rotatable bonds is 6. The Morgan fingerprint density at radius 3 is 2.87 bits per heavy atom. The number of ether oxygens (including phenoxy) is 1. The molecule has 84 valence electrons. The van der Waals surface area contributed by atoms with Crippen molar-refractivity contribution in [3.05, 3.63) is 18.5 Å². The van der Waals surface area contributed by atoms with Gasteiger partial charge >= 0.3 is 5.97 Å². The molecule has 0 saturated carbocycles. The molecule has 0 spiro atoms. The quantitative estimate of drug-likeness (QED) is 0.676. The van der Waals surface area contributed by atoms with E-state index < -0.39 is 0 Å². The van der Waals surface area contributed by atoms with Crippen LogP contribution in [0, 0.1) is 0 Å². The molecule has 0 amide bonds. The lowest BCUT2D eigenvalue weighted by Crippen LogP contribution is -2.16. The summed E-state index contributed by atoms with van der Waals surface area (Å²) in [5.41, 5.74) is 0. The van der Waals surface area contributed by atoms with Gasteiger partial charge in [0.15, 0.2) is 0 Å². The van der Waals surface area contributed by atoms with E-state index in [2.05, 4.69) is 12.0 Å². The van der Waals surface area contributed by atoms with Crippen LogP contribution >= 0.6 is 0 Å². The Hall–Kier alpha value is -1.32. The molecule has 0 aromatic carbocycles. The van der Waals surface area contributed by atoms with Gasteiger partial charge in [0.2, 0.25) is 0 Å². The Balaban J connectivity index is 2.55. The molecule has 0 radical (unpaired) electrons. The van der Waals surface area contributed by atoms with E-state index in [4.69, 9.17) is 4.74 Å². The number of hydrogen-bond donors (Lipinski definition) is 0. The van der Waals surface area contributed by atoms with Crippen LogP contribution in [0.5, 0.6) is 0 Å². The third kappa shape index (κ3) is 3.73. The molecule has 15 heavy (non-hydrogen) atoms. The summed E-state index contributed by atoms with van der Waals surface area (Å²) in [4.78, 5) is 11.4. The minimum Gasteiger partial charge on any atom is -0.466 e. The summed E-state index contributed by atoms with van der Waals surface area (Å²) in [7, 11) is 0. The second-order valence-electron chi connectivity index (χ2n) is 3.44. The molecule has 0 aliphatic carbocycles. The predicted octanol–water partition coefficient (Wildman–Crippen LogP) is 2.18. The number of nitrogens with zero attached hydrogens (tertiary/aromatic N) is 2. The van der Waals surface area contributed by atoms with Crippen molar-refractivity contribution in [3.8, 4) is 0 Å². The molecule has 0 bridgehead atoms. The zero-order valence-corrected chi connectivity index (χ0v) is 9.35. The van der Waals surface area contributed by atoms with Gasteiger partial charge in [0.1, 0.15) is 0 Å². The summed E-state index contributed by atoms with van der Waals surface area (Å²) < 4.78 is 6.77. The van der Waals surface area contributed by atoms with Crippen molar-refractivity contribution in [2.24, 2.45) is 0 Å². The first-order valence-corrected chi connectivity index (χ1v) is 5.42. The SMILES string of the molecule is CCCC(CC(=O)OCC)n1cccn1. The number of esters is 1. The summed E-state index contributed by atoms with van der Waals surface area (Å²) in [6.07, 6.45) is 6.00. The van der Waals surface area contributed by atoms with Crippen LogP contribution in [-0.4, -0.2) is 22.4 Å². The van der Waals surface area contributed by atoms with Crippen molar-refractivity contribution in [1.29, 1.82) is 0 Å². The van der Waals surface area contributed by atoms with Crippen LogP contribution in [0.3, 0.4) is 0 Å². The van der Waals surface area contributed by atoms with E-state index in [1.165, 1.54) is 0 Å². The van der Waals surface area contributed by atoms with Crippen LogP contribution in [0.15, 0.2) is 18.5 Å². The standard InChI is InChI=1S/C11H18N2O2/c1-3-6-10(9-11(14)15-4-2)13-8-5-7-12-13/h5,7-8,10H,3-4,6,9H2,1-2H3. The number of hydrogen-bond acceptors (Lipinski definition) is 3. The minimum atomic E-state index is -0.147. The molecule has 0 aliphatic heterocycles. The maximum atomic E-state index is 11.4. The molecule has 1 aromatic rings. The van der Waals surface area contributed by atoms with Gasteiger partial charge in [-0.15, -0.1) is 0 Å². The van der Waals surface area contributed by atoms with Gasteiger partial charge in [-0.1, -0.05) is 13.3 Å². The molecular weight excluding hydrogens is 192 g/mol. The molecule has 0 aliphatic rings. The lowest BCUT2D eigenvalue weighted by atomic mass is 10.1. The van der Waals surface area contributed by atoms with Crippen molar-refractivity contribution in [2.45, 2.75) is 39.2 Å². The lowest BCUT2D eigenvalue weighted by Gasteiger charge is -2.15. The first-order chi connectivity index (χ1) is 7.27. The highest BCUT2D eigenvalue weighted by Gasteiger charge is 2.15. The predicted molar refractivity (Wildman–Crippen MR) is 57.4 cm³/mol. The van der Waals surface area contributed by atoms with Gasteiger partial charge in [0, 0.05) is 12.4 Å². The Labute approximate surface area is 90.2 Å². The van der Waals surface area contributed by atoms with E-state index >= 15 is 0 Å². The number of carbonyl (C=O) groups excluding carboxylic acids is 1. The molecule has 4 nitrogen and oxygen atoms in total. The second kappa shape index (κ2) is 6.22. The fourth-order valence-electron chi connectivity index (χ4n) is 1.57. The minimum absolute atomic E-state index is 0.129. The van der Waals surface area contributed by atoms with Crippen LogP contribution in [0.25, 0.3) is 0 Å². The summed E-state index contributed by atoms with van der Waals surface area (Å²) in [5.74, 6) is -0.147. The molecule has 0 N–H and O–H groups in total. The van der Waals surface area contributed by atoms with Crippen LogP contribution in [0.1, 0.15) is 39.2 Å². The molecule has 1 rings (SSSR count). The fraction of sp³-hybridized carbons (Fsp3) is 0.636. The zero-order valence-electron chi connectivity index (χ0n) is 9.35. The average Bonchev–Trinajstić information content (AvgIpc) is 2.70. The zero-order chi connectivity index (χ0) is 11.1. The van der Waals surface area contributed by atoms with Crippen LogP contribution in [0.4, 0.5) is 0 Å². The Morgan fingerprint density at radius 1 is 1.53 bits per heavy atom. The summed E-state index contributed by atoms with van der Waals surface area (Å²) >= 11 is 0. The molecule has 0 fully saturated rings. The van der Waals surface area contributed by atoms with Crippen LogP contribution in [-0.2, 0) is 9.53 Å². The molecule has 1 aromatic heterocycles. The fourth-order valence-corrected chi connectivity index (χ4v) is 1.57. The van der Waals surface area contributed by atoms with Gasteiger partial charge in [-0.2, -0.15) is 5.10 Å². The molecule has 0 saturated heterocycles. The number of carbonyl (C=O) groups is 1. The highest BCUT2D eigenvalue weighted by Crippen LogP contribution is 2.17. The molecule has 1 unspecified atom stereocenters. The normalized spacial score (nSPS) is 12.4. The van der Waals surface area contributed by atoms with Crippen molar-refractivity contribution in [3.63, 3.8) is 0 Å². The molecular formula is C11H18N2O2. The Morgan fingerprint density at radius 2 is 2.33 bits per heavy atom. The Bertz CT molecular complexity index is 283. The topological polar surface area (TPSA) is 44.1 Å². The smallest absolute Gasteiger partial charge is 0.307 e. The summed E-state index contributed by atoms with van der Waals surface area (Å²) in [6, 6.07) is 2.00. The third-order valence-electron chi connectivity index (χ3n) is 2.23. The first-order valence-electron chi connectivity index (χ1n) is 5.42.